The van der Waals surface area contributed by atoms with Crippen molar-refractivity contribution in [3.05, 3.63) is 59.7 Å². The van der Waals surface area contributed by atoms with Crippen LogP contribution in [-0.4, -0.2) is 43.4 Å². The summed E-state index contributed by atoms with van der Waals surface area (Å²) in [5.41, 5.74) is 4.09. The highest BCUT2D eigenvalue weighted by Gasteiger charge is 2.15. The van der Waals surface area contributed by atoms with Gasteiger partial charge in [0.05, 0.1) is 6.42 Å². The predicted octanol–water partition coefficient (Wildman–Crippen LogP) is 2.45. The number of hydrogen-bond donors (Lipinski definition) is 1. The fourth-order valence-corrected chi connectivity index (χ4v) is 3.03. The van der Waals surface area contributed by atoms with Crippen LogP contribution < -0.4 is 10.2 Å². The Bertz CT molecular complexity index is 735. The molecule has 0 unspecified atom stereocenters. The standard InChI is InChI=1S/C20H23N3O2/c1-16-4-2-3-5-17(16)14-20(25)21-18-6-8-19(9-7-18)23-12-10-22(15-24)11-13-23/h2-9,15H,10-14H2,1H3,(H,21,25). The van der Waals surface area contributed by atoms with E-state index in [1.54, 1.807) is 4.90 Å². The van der Waals surface area contributed by atoms with Crippen molar-refractivity contribution in [3.63, 3.8) is 0 Å². The Morgan fingerprint density at radius 2 is 1.72 bits per heavy atom. The van der Waals surface area contributed by atoms with E-state index in [1.165, 1.54) is 0 Å². The Hall–Kier alpha value is -2.82. The van der Waals surface area contributed by atoms with Crippen LogP contribution in [-0.2, 0) is 16.0 Å². The van der Waals surface area contributed by atoms with Crippen LogP contribution in [0.2, 0.25) is 0 Å². The number of benzene rings is 2. The minimum Gasteiger partial charge on any atom is -0.368 e. The van der Waals surface area contributed by atoms with Crippen LogP contribution in [0, 0.1) is 6.92 Å². The highest BCUT2D eigenvalue weighted by Crippen LogP contribution is 2.19. The lowest BCUT2D eigenvalue weighted by Gasteiger charge is -2.34. The largest absolute Gasteiger partial charge is 0.368 e. The molecule has 5 nitrogen and oxygen atoms in total. The predicted molar refractivity (Wildman–Crippen MR) is 99.8 cm³/mol. The average Bonchev–Trinajstić information content (AvgIpc) is 2.64. The molecule has 2 aromatic rings. The molecule has 2 amide bonds. The molecule has 0 spiro atoms. The maximum Gasteiger partial charge on any atom is 0.228 e. The van der Waals surface area contributed by atoms with Gasteiger partial charge in [-0.25, -0.2) is 0 Å². The van der Waals surface area contributed by atoms with Crippen molar-refractivity contribution < 1.29 is 9.59 Å². The molecule has 25 heavy (non-hydrogen) atoms. The molecule has 0 bridgehead atoms. The van der Waals surface area contributed by atoms with Crippen LogP contribution in [0.25, 0.3) is 0 Å². The molecule has 1 N–H and O–H groups in total. The summed E-state index contributed by atoms with van der Waals surface area (Å²) in [5, 5.41) is 2.95. The zero-order valence-electron chi connectivity index (χ0n) is 14.4. The highest BCUT2D eigenvalue weighted by atomic mass is 16.1. The molecule has 0 radical (unpaired) electrons. The fourth-order valence-electron chi connectivity index (χ4n) is 3.03. The molecule has 1 aliphatic heterocycles. The number of carbonyl (C=O) groups excluding carboxylic acids is 2. The Labute approximate surface area is 148 Å². The monoisotopic (exact) mass is 337 g/mol. The summed E-state index contributed by atoms with van der Waals surface area (Å²) >= 11 is 0. The van der Waals surface area contributed by atoms with Gasteiger partial charge in [0.15, 0.2) is 0 Å². The van der Waals surface area contributed by atoms with Crippen LogP contribution in [0.4, 0.5) is 11.4 Å². The van der Waals surface area contributed by atoms with Gasteiger partial charge in [0.1, 0.15) is 0 Å². The van der Waals surface area contributed by atoms with Crippen molar-refractivity contribution in [2.45, 2.75) is 13.3 Å². The van der Waals surface area contributed by atoms with Crippen molar-refractivity contribution in [1.29, 1.82) is 0 Å². The van der Waals surface area contributed by atoms with Crippen molar-refractivity contribution >= 4 is 23.7 Å². The smallest absolute Gasteiger partial charge is 0.228 e. The van der Waals surface area contributed by atoms with E-state index < -0.39 is 0 Å². The van der Waals surface area contributed by atoms with E-state index in [1.807, 2.05) is 55.5 Å². The summed E-state index contributed by atoms with van der Waals surface area (Å²) in [6.45, 7) is 5.17. The van der Waals surface area contributed by atoms with Gasteiger partial charge >= 0.3 is 0 Å². The van der Waals surface area contributed by atoms with Crippen LogP contribution >= 0.6 is 0 Å². The van der Waals surface area contributed by atoms with E-state index in [9.17, 15) is 9.59 Å². The Morgan fingerprint density at radius 3 is 2.36 bits per heavy atom. The molecule has 2 aromatic carbocycles. The van der Waals surface area contributed by atoms with E-state index >= 15 is 0 Å². The number of nitrogens with one attached hydrogen (secondary N) is 1. The molecule has 0 aliphatic carbocycles. The first-order chi connectivity index (χ1) is 12.2. The number of aryl methyl sites for hydroxylation is 1. The summed E-state index contributed by atoms with van der Waals surface area (Å²) in [5.74, 6) is -0.0124. The van der Waals surface area contributed by atoms with Crippen LogP contribution in [0.3, 0.4) is 0 Å². The lowest BCUT2D eigenvalue weighted by Crippen LogP contribution is -2.45. The molecule has 3 rings (SSSR count). The molecule has 0 atom stereocenters. The zero-order chi connectivity index (χ0) is 17.6. The number of carbonyl (C=O) groups is 2. The number of amides is 2. The second-order valence-electron chi connectivity index (χ2n) is 6.33. The molecule has 1 saturated heterocycles. The number of anilines is 2. The van der Waals surface area contributed by atoms with Gasteiger partial charge in [0.25, 0.3) is 0 Å². The average molecular weight is 337 g/mol. The Kier molecular flexibility index (Phi) is 5.33. The van der Waals surface area contributed by atoms with Gasteiger partial charge in [-0.15, -0.1) is 0 Å². The molecular formula is C20H23N3O2. The number of nitrogens with zero attached hydrogens (tertiary/aromatic N) is 2. The first-order valence-corrected chi connectivity index (χ1v) is 8.54. The molecule has 130 valence electrons. The quantitative estimate of drug-likeness (QED) is 0.853. The van der Waals surface area contributed by atoms with Gasteiger partial charge in [-0.2, -0.15) is 0 Å². The van der Waals surface area contributed by atoms with E-state index in [0.717, 1.165) is 55.1 Å². The van der Waals surface area contributed by atoms with E-state index in [4.69, 9.17) is 0 Å². The van der Waals surface area contributed by atoms with Crippen LogP contribution in [0.15, 0.2) is 48.5 Å². The Balaban J connectivity index is 1.56. The van der Waals surface area contributed by atoms with Crippen molar-refractivity contribution in [2.24, 2.45) is 0 Å². The minimum atomic E-state index is -0.0124. The number of piperazine rings is 1. The highest BCUT2D eigenvalue weighted by molar-refractivity contribution is 5.92. The second-order valence-corrected chi connectivity index (χ2v) is 6.33. The molecule has 5 heteroatoms. The van der Waals surface area contributed by atoms with E-state index in [0.29, 0.717) is 6.42 Å². The number of rotatable bonds is 5. The fraction of sp³-hybridized carbons (Fsp3) is 0.300. The molecule has 0 aromatic heterocycles. The number of hydrogen-bond acceptors (Lipinski definition) is 3. The van der Waals surface area contributed by atoms with Crippen molar-refractivity contribution in [3.8, 4) is 0 Å². The van der Waals surface area contributed by atoms with Crippen LogP contribution in [0.1, 0.15) is 11.1 Å². The summed E-state index contributed by atoms with van der Waals surface area (Å²) in [7, 11) is 0. The summed E-state index contributed by atoms with van der Waals surface area (Å²) in [4.78, 5) is 27.0. The van der Waals surface area contributed by atoms with E-state index in [2.05, 4.69) is 10.2 Å². The van der Waals surface area contributed by atoms with Gasteiger partial charge in [-0.1, -0.05) is 24.3 Å². The maximum atomic E-state index is 12.2. The second kappa shape index (κ2) is 7.83. The SMILES string of the molecule is Cc1ccccc1CC(=O)Nc1ccc(N2CCN(C=O)CC2)cc1. The molecule has 0 saturated carbocycles. The van der Waals surface area contributed by atoms with Gasteiger partial charge in [0, 0.05) is 37.6 Å². The lowest BCUT2D eigenvalue weighted by molar-refractivity contribution is -0.118. The molecule has 1 aliphatic rings. The maximum absolute atomic E-state index is 12.2. The van der Waals surface area contributed by atoms with Gasteiger partial charge in [0.2, 0.25) is 12.3 Å². The minimum absolute atomic E-state index is 0.0124. The Morgan fingerprint density at radius 1 is 1.04 bits per heavy atom. The summed E-state index contributed by atoms with van der Waals surface area (Å²) < 4.78 is 0. The third kappa shape index (κ3) is 4.38. The molecule has 1 fully saturated rings. The zero-order valence-corrected chi connectivity index (χ0v) is 14.4. The summed E-state index contributed by atoms with van der Waals surface area (Å²) in [6, 6.07) is 15.8. The van der Waals surface area contributed by atoms with E-state index in [-0.39, 0.29) is 5.91 Å². The normalized spacial score (nSPS) is 14.3. The summed E-state index contributed by atoms with van der Waals surface area (Å²) in [6.07, 6.45) is 1.28. The van der Waals surface area contributed by atoms with Gasteiger partial charge in [-0.3, -0.25) is 9.59 Å². The van der Waals surface area contributed by atoms with Crippen molar-refractivity contribution in [1.82, 2.24) is 4.90 Å². The van der Waals surface area contributed by atoms with Crippen molar-refractivity contribution in [2.75, 3.05) is 36.4 Å². The third-order valence-electron chi connectivity index (χ3n) is 4.59. The molecular weight excluding hydrogens is 314 g/mol. The first-order valence-electron chi connectivity index (χ1n) is 8.54. The topological polar surface area (TPSA) is 52.7 Å². The van der Waals surface area contributed by atoms with Gasteiger partial charge in [-0.05, 0) is 42.3 Å². The van der Waals surface area contributed by atoms with Crippen LogP contribution in [0.5, 0.6) is 0 Å². The molecule has 1 heterocycles. The third-order valence-corrected chi connectivity index (χ3v) is 4.59. The van der Waals surface area contributed by atoms with Gasteiger partial charge < -0.3 is 15.1 Å². The first kappa shape index (κ1) is 17.0. The lowest BCUT2D eigenvalue weighted by atomic mass is 10.1.